The summed E-state index contributed by atoms with van der Waals surface area (Å²) < 4.78 is 0. The van der Waals surface area contributed by atoms with E-state index in [1.807, 2.05) is 54.6 Å². The topological polar surface area (TPSA) is 28.7 Å². The highest BCUT2D eigenvalue weighted by molar-refractivity contribution is 6.30. The molecule has 3 aromatic rings. The molecule has 3 rings (SSSR count). The Hall–Kier alpha value is -2.06. The summed E-state index contributed by atoms with van der Waals surface area (Å²) in [4.78, 5) is 0. The molecule has 2 nitrogen and oxygen atoms in total. The molecule has 3 heteroatoms. The quantitative estimate of drug-likeness (QED) is 0.722. The van der Waals surface area contributed by atoms with Crippen LogP contribution < -0.4 is 0 Å². The first-order valence-electron chi connectivity index (χ1n) is 5.70. The summed E-state index contributed by atoms with van der Waals surface area (Å²) in [6, 6.07) is 15.8. The van der Waals surface area contributed by atoms with Crippen molar-refractivity contribution >= 4 is 34.7 Å². The van der Waals surface area contributed by atoms with Gasteiger partial charge in [0.1, 0.15) is 0 Å². The number of aromatic nitrogens is 2. The van der Waals surface area contributed by atoms with Crippen LogP contribution in [0.15, 0.2) is 48.5 Å². The Bertz CT molecular complexity index is 713. The third-order valence-electron chi connectivity index (χ3n) is 2.78. The second-order valence-corrected chi connectivity index (χ2v) is 4.48. The third-order valence-corrected chi connectivity index (χ3v) is 3.02. The summed E-state index contributed by atoms with van der Waals surface area (Å²) in [5, 5.41) is 9.16. The molecular weight excluding hydrogens is 244 g/mol. The maximum Gasteiger partial charge on any atom is 0.0927 e. The van der Waals surface area contributed by atoms with Crippen molar-refractivity contribution in [3.05, 3.63) is 64.8 Å². The van der Waals surface area contributed by atoms with E-state index >= 15 is 0 Å². The van der Waals surface area contributed by atoms with Crippen LogP contribution in [0.1, 0.15) is 11.3 Å². The molecule has 0 saturated heterocycles. The van der Waals surface area contributed by atoms with Crippen LogP contribution in [0.25, 0.3) is 23.1 Å². The summed E-state index contributed by atoms with van der Waals surface area (Å²) >= 11 is 5.94. The maximum absolute atomic E-state index is 5.94. The Balaban J connectivity index is 1.97. The zero-order valence-corrected chi connectivity index (χ0v) is 10.4. The molecule has 0 radical (unpaired) electrons. The zero-order chi connectivity index (χ0) is 12.4. The Morgan fingerprint density at radius 2 is 1.89 bits per heavy atom. The lowest BCUT2D eigenvalue weighted by atomic mass is 10.1. The van der Waals surface area contributed by atoms with Crippen LogP contribution in [0.4, 0.5) is 0 Å². The molecule has 0 amide bonds. The Morgan fingerprint density at radius 1 is 1.00 bits per heavy atom. The summed E-state index contributed by atoms with van der Waals surface area (Å²) in [6.07, 6.45) is 4.00. The minimum absolute atomic E-state index is 0.740. The molecule has 1 heterocycles. The number of nitrogens with zero attached hydrogens (tertiary/aromatic N) is 1. The van der Waals surface area contributed by atoms with E-state index in [2.05, 4.69) is 16.3 Å². The van der Waals surface area contributed by atoms with Gasteiger partial charge in [-0.1, -0.05) is 48.0 Å². The molecule has 88 valence electrons. The van der Waals surface area contributed by atoms with Crippen LogP contribution in [0.3, 0.4) is 0 Å². The number of rotatable bonds is 2. The van der Waals surface area contributed by atoms with Gasteiger partial charge in [0.05, 0.1) is 11.2 Å². The molecule has 0 unspecified atom stereocenters. The van der Waals surface area contributed by atoms with Gasteiger partial charge in [-0.25, -0.2) is 0 Å². The Labute approximate surface area is 110 Å². The van der Waals surface area contributed by atoms with Crippen LogP contribution in [0.5, 0.6) is 0 Å². The number of hydrogen-bond donors (Lipinski definition) is 1. The Morgan fingerprint density at radius 3 is 2.78 bits per heavy atom. The highest BCUT2D eigenvalue weighted by atomic mass is 35.5. The van der Waals surface area contributed by atoms with Gasteiger partial charge in [-0.15, -0.1) is 0 Å². The lowest BCUT2D eigenvalue weighted by molar-refractivity contribution is 1.11. The van der Waals surface area contributed by atoms with Crippen molar-refractivity contribution in [2.75, 3.05) is 0 Å². The van der Waals surface area contributed by atoms with Crippen molar-refractivity contribution in [2.45, 2.75) is 0 Å². The van der Waals surface area contributed by atoms with E-state index in [-0.39, 0.29) is 0 Å². The second kappa shape index (κ2) is 4.67. The number of halogens is 1. The lowest BCUT2D eigenvalue weighted by Gasteiger charge is -1.93. The average Bonchev–Trinajstić information content (AvgIpc) is 2.80. The van der Waals surface area contributed by atoms with Crippen LogP contribution in [-0.2, 0) is 0 Å². The average molecular weight is 255 g/mol. The highest BCUT2D eigenvalue weighted by Crippen LogP contribution is 2.18. The summed E-state index contributed by atoms with van der Waals surface area (Å²) in [6.45, 7) is 0. The number of para-hydroxylation sites is 1. The van der Waals surface area contributed by atoms with E-state index in [0.29, 0.717) is 0 Å². The monoisotopic (exact) mass is 254 g/mol. The van der Waals surface area contributed by atoms with Crippen molar-refractivity contribution in [3.63, 3.8) is 0 Å². The summed E-state index contributed by atoms with van der Waals surface area (Å²) in [5.41, 5.74) is 3.04. The van der Waals surface area contributed by atoms with E-state index < -0.39 is 0 Å². The number of aromatic amines is 1. The first-order chi connectivity index (χ1) is 8.83. The van der Waals surface area contributed by atoms with Crippen molar-refractivity contribution in [1.29, 1.82) is 0 Å². The molecule has 0 bridgehead atoms. The molecule has 18 heavy (non-hydrogen) atoms. The largest absolute Gasteiger partial charge is 0.277 e. The highest BCUT2D eigenvalue weighted by Gasteiger charge is 2.00. The van der Waals surface area contributed by atoms with E-state index in [9.17, 15) is 0 Å². The van der Waals surface area contributed by atoms with Crippen molar-refractivity contribution < 1.29 is 0 Å². The van der Waals surface area contributed by atoms with Gasteiger partial charge in [0.25, 0.3) is 0 Å². The first-order valence-corrected chi connectivity index (χ1v) is 6.07. The molecule has 1 aromatic heterocycles. The fourth-order valence-electron chi connectivity index (χ4n) is 1.90. The SMILES string of the molecule is Clc1cccc(/C=C/c2n[nH]c3ccccc23)c1. The molecular formula is C15H11ClN2. The number of fused-ring (bicyclic) bond motifs is 1. The van der Waals surface area contributed by atoms with E-state index in [1.54, 1.807) is 0 Å². The number of benzene rings is 2. The molecule has 1 N–H and O–H groups in total. The fourth-order valence-corrected chi connectivity index (χ4v) is 2.10. The predicted molar refractivity (Wildman–Crippen MR) is 76.5 cm³/mol. The van der Waals surface area contributed by atoms with Crippen molar-refractivity contribution in [3.8, 4) is 0 Å². The molecule has 0 fully saturated rings. The van der Waals surface area contributed by atoms with Gasteiger partial charge in [-0.2, -0.15) is 5.10 Å². The van der Waals surface area contributed by atoms with Gasteiger partial charge in [-0.05, 0) is 29.8 Å². The van der Waals surface area contributed by atoms with Crippen LogP contribution in [0, 0.1) is 0 Å². The van der Waals surface area contributed by atoms with E-state index in [0.717, 1.165) is 27.2 Å². The molecule has 2 aromatic carbocycles. The second-order valence-electron chi connectivity index (χ2n) is 4.04. The van der Waals surface area contributed by atoms with Gasteiger partial charge < -0.3 is 0 Å². The number of hydrogen-bond acceptors (Lipinski definition) is 1. The van der Waals surface area contributed by atoms with Gasteiger partial charge in [0.15, 0.2) is 0 Å². The van der Waals surface area contributed by atoms with Crippen LogP contribution >= 0.6 is 11.6 Å². The minimum atomic E-state index is 0.740. The van der Waals surface area contributed by atoms with Gasteiger partial charge in [0.2, 0.25) is 0 Å². The lowest BCUT2D eigenvalue weighted by Crippen LogP contribution is -1.74. The van der Waals surface area contributed by atoms with Crippen molar-refractivity contribution in [2.24, 2.45) is 0 Å². The molecule has 0 atom stereocenters. The van der Waals surface area contributed by atoms with Gasteiger partial charge in [0, 0.05) is 10.4 Å². The minimum Gasteiger partial charge on any atom is -0.277 e. The molecule has 0 saturated carbocycles. The maximum atomic E-state index is 5.94. The molecule has 0 aliphatic heterocycles. The fraction of sp³-hybridized carbons (Fsp3) is 0. The van der Waals surface area contributed by atoms with Gasteiger partial charge in [-0.3, -0.25) is 5.10 Å². The first kappa shape index (κ1) is 11.1. The predicted octanol–water partition coefficient (Wildman–Crippen LogP) is 4.39. The van der Waals surface area contributed by atoms with E-state index in [1.165, 1.54) is 0 Å². The van der Waals surface area contributed by atoms with E-state index in [4.69, 9.17) is 11.6 Å². The number of H-pyrrole nitrogens is 1. The standard InChI is InChI=1S/C15H11ClN2/c16-12-5-3-4-11(10-12)8-9-15-13-6-1-2-7-14(13)17-18-15/h1-10H,(H,17,18)/b9-8+. The third kappa shape index (κ3) is 2.15. The van der Waals surface area contributed by atoms with Crippen LogP contribution in [-0.4, -0.2) is 10.2 Å². The van der Waals surface area contributed by atoms with Crippen molar-refractivity contribution in [1.82, 2.24) is 10.2 Å². The smallest absolute Gasteiger partial charge is 0.0927 e. The number of nitrogens with one attached hydrogen (secondary N) is 1. The normalized spacial score (nSPS) is 11.4. The molecule has 0 aliphatic carbocycles. The molecule has 0 aliphatic rings. The summed E-state index contributed by atoms with van der Waals surface area (Å²) in [7, 11) is 0. The molecule has 0 spiro atoms. The van der Waals surface area contributed by atoms with Gasteiger partial charge >= 0.3 is 0 Å². The van der Waals surface area contributed by atoms with Crippen LogP contribution in [0.2, 0.25) is 5.02 Å². The summed E-state index contributed by atoms with van der Waals surface area (Å²) in [5.74, 6) is 0. The Kier molecular flexibility index (Phi) is 2.87. The zero-order valence-electron chi connectivity index (χ0n) is 9.60.